The number of hydrogen-bond donors (Lipinski definition) is 1. The number of nitrogens with zero attached hydrogens (tertiary/aromatic N) is 2. The number of piperazine rings is 1. The van der Waals surface area contributed by atoms with E-state index < -0.39 is 10.0 Å². The van der Waals surface area contributed by atoms with Crippen molar-refractivity contribution in [3.05, 3.63) is 17.0 Å². The van der Waals surface area contributed by atoms with Gasteiger partial charge in [-0.1, -0.05) is 0 Å². The Morgan fingerprint density at radius 1 is 1.19 bits per heavy atom. The first-order valence-corrected chi connectivity index (χ1v) is 9.77. The molecule has 118 valence electrons. The van der Waals surface area contributed by atoms with Gasteiger partial charge in [0, 0.05) is 50.6 Å². The molecular formula is C14H22N2O3S2. The molecule has 2 fully saturated rings. The summed E-state index contributed by atoms with van der Waals surface area (Å²) in [5, 5.41) is 8.93. The highest BCUT2D eigenvalue weighted by Gasteiger charge is 2.31. The van der Waals surface area contributed by atoms with Crippen molar-refractivity contribution in [1.82, 2.24) is 9.21 Å². The highest BCUT2D eigenvalue weighted by atomic mass is 32.2. The third-order valence-electron chi connectivity index (χ3n) is 4.13. The fourth-order valence-corrected chi connectivity index (χ4v) is 5.61. The SMILES string of the molecule is O=S(=O)(c1ccc(CCO)s1)N1CCN(CC2CC2)CC1. The average molecular weight is 330 g/mol. The zero-order valence-electron chi connectivity index (χ0n) is 12.1. The molecule has 2 heterocycles. The first-order valence-electron chi connectivity index (χ1n) is 7.51. The van der Waals surface area contributed by atoms with E-state index in [0.717, 1.165) is 30.4 Å². The van der Waals surface area contributed by atoms with Gasteiger partial charge in [0.05, 0.1) is 0 Å². The lowest BCUT2D eigenvalue weighted by atomic mass is 10.3. The second kappa shape index (κ2) is 6.34. The Bertz CT molecular complexity index is 573. The second-order valence-electron chi connectivity index (χ2n) is 5.84. The molecule has 0 aromatic carbocycles. The van der Waals surface area contributed by atoms with Crippen LogP contribution in [0.5, 0.6) is 0 Å². The minimum Gasteiger partial charge on any atom is -0.396 e. The number of aliphatic hydroxyl groups excluding tert-OH is 1. The van der Waals surface area contributed by atoms with Gasteiger partial charge in [-0.15, -0.1) is 11.3 Å². The van der Waals surface area contributed by atoms with Crippen LogP contribution >= 0.6 is 11.3 Å². The third kappa shape index (κ3) is 3.65. The van der Waals surface area contributed by atoms with Gasteiger partial charge >= 0.3 is 0 Å². The van der Waals surface area contributed by atoms with Gasteiger partial charge in [0.15, 0.2) is 0 Å². The molecule has 5 nitrogen and oxygen atoms in total. The molecule has 7 heteroatoms. The van der Waals surface area contributed by atoms with Crippen LogP contribution in [0.4, 0.5) is 0 Å². The Hall–Kier alpha value is -0.470. The maximum atomic E-state index is 12.6. The van der Waals surface area contributed by atoms with E-state index >= 15 is 0 Å². The molecule has 1 N–H and O–H groups in total. The summed E-state index contributed by atoms with van der Waals surface area (Å²) in [6.45, 7) is 4.03. The summed E-state index contributed by atoms with van der Waals surface area (Å²) < 4.78 is 27.2. The minimum absolute atomic E-state index is 0.0554. The van der Waals surface area contributed by atoms with E-state index in [1.165, 1.54) is 24.2 Å². The molecule has 3 rings (SSSR count). The van der Waals surface area contributed by atoms with Crippen molar-refractivity contribution in [1.29, 1.82) is 0 Å². The molecule has 0 unspecified atom stereocenters. The highest BCUT2D eigenvalue weighted by molar-refractivity contribution is 7.91. The molecule has 2 aliphatic rings. The van der Waals surface area contributed by atoms with Crippen molar-refractivity contribution in [3.8, 4) is 0 Å². The number of sulfonamides is 1. The average Bonchev–Trinajstić information content (AvgIpc) is 3.15. The van der Waals surface area contributed by atoms with Crippen LogP contribution in [0, 0.1) is 5.92 Å². The lowest BCUT2D eigenvalue weighted by Crippen LogP contribution is -2.48. The third-order valence-corrected chi connectivity index (χ3v) is 7.64. The van der Waals surface area contributed by atoms with Gasteiger partial charge < -0.3 is 10.0 Å². The lowest BCUT2D eigenvalue weighted by Gasteiger charge is -2.33. The van der Waals surface area contributed by atoms with Crippen molar-refractivity contribution < 1.29 is 13.5 Å². The molecule has 0 spiro atoms. The van der Waals surface area contributed by atoms with E-state index in [1.54, 1.807) is 16.4 Å². The molecule has 0 amide bonds. The quantitative estimate of drug-likeness (QED) is 0.845. The van der Waals surface area contributed by atoms with Gasteiger partial charge in [0.1, 0.15) is 4.21 Å². The predicted octanol–water partition coefficient (Wildman–Crippen LogP) is 0.999. The number of hydrogen-bond acceptors (Lipinski definition) is 5. The van der Waals surface area contributed by atoms with Crippen LogP contribution in [-0.4, -0.2) is 62.1 Å². The zero-order valence-corrected chi connectivity index (χ0v) is 13.7. The van der Waals surface area contributed by atoms with Crippen molar-refractivity contribution >= 4 is 21.4 Å². The summed E-state index contributed by atoms with van der Waals surface area (Å²) in [4.78, 5) is 3.30. The topological polar surface area (TPSA) is 60.9 Å². The summed E-state index contributed by atoms with van der Waals surface area (Å²) in [6.07, 6.45) is 3.19. The molecule has 1 saturated carbocycles. The molecule has 1 aliphatic carbocycles. The summed E-state index contributed by atoms with van der Waals surface area (Å²) >= 11 is 1.28. The molecule has 0 radical (unpaired) electrons. The maximum Gasteiger partial charge on any atom is 0.252 e. The van der Waals surface area contributed by atoms with E-state index in [-0.39, 0.29) is 6.61 Å². The Morgan fingerprint density at radius 2 is 1.90 bits per heavy atom. The Morgan fingerprint density at radius 3 is 2.52 bits per heavy atom. The lowest BCUT2D eigenvalue weighted by molar-refractivity contribution is 0.182. The highest BCUT2D eigenvalue weighted by Crippen LogP contribution is 2.30. The summed E-state index contributed by atoms with van der Waals surface area (Å²) in [6, 6.07) is 3.47. The minimum atomic E-state index is -3.35. The molecule has 1 saturated heterocycles. The van der Waals surface area contributed by atoms with Crippen molar-refractivity contribution in [2.75, 3.05) is 39.3 Å². The summed E-state index contributed by atoms with van der Waals surface area (Å²) in [5.41, 5.74) is 0. The van der Waals surface area contributed by atoms with Crippen LogP contribution in [0.15, 0.2) is 16.3 Å². The van der Waals surface area contributed by atoms with E-state index in [9.17, 15) is 8.42 Å². The molecule has 1 aromatic rings. The molecule has 1 aromatic heterocycles. The van der Waals surface area contributed by atoms with Crippen molar-refractivity contribution in [2.24, 2.45) is 5.92 Å². The Labute approximate surface area is 130 Å². The molecule has 1 aliphatic heterocycles. The molecule has 0 bridgehead atoms. The predicted molar refractivity (Wildman–Crippen MR) is 83.0 cm³/mol. The first kappa shape index (κ1) is 15.4. The van der Waals surface area contributed by atoms with Gasteiger partial charge in [0.25, 0.3) is 10.0 Å². The van der Waals surface area contributed by atoms with Crippen LogP contribution in [-0.2, 0) is 16.4 Å². The first-order chi connectivity index (χ1) is 10.1. The van der Waals surface area contributed by atoms with E-state index in [0.29, 0.717) is 23.7 Å². The summed E-state index contributed by atoms with van der Waals surface area (Å²) in [5.74, 6) is 0.853. The van der Waals surface area contributed by atoms with Crippen LogP contribution in [0.1, 0.15) is 17.7 Å². The van der Waals surface area contributed by atoms with Gasteiger partial charge in [-0.2, -0.15) is 4.31 Å². The van der Waals surface area contributed by atoms with Gasteiger partial charge in [0.2, 0.25) is 0 Å². The number of aliphatic hydroxyl groups is 1. The Kier molecular flexibility index (Phi) is 4.66. The maximum absolute atomic E-state index is 12.6. The molecule has 0 atom stereocenters. The van der Waals surface area contributed by atoms with Gasteiger partial charge in [-0.25, -0.2) is 8.42 Å². The standard InChI is InChI=1S/C14H22N2O3S2/c17-10-5-13-3-4-14(20-13)21(18,19)16-8-6-15(7-9-16)11-12-1-2-12/h3-4,12,17H,1-2,5-11H2. The van der Waals surface area contributed by atoms with Crippen LogP contribution < -0.4 is 0 Å². The Balaban J connectivity index is 1.61. The van der Waals surface area contributed by atoms with Crippen LogP contribution in [0.3, 0.4) is 0 Å². The van der Waals surface area contributed by atoms with Gasteiger partial charge in [-0.3, -0.25) is 0 Å². The van der Waals surface area contributed by atoms with E-state index in [1.807, 2.05) is 0 Å². The van der Waals surface area contributed by atoms with E-state index in [2.05, 4.69) is 4.90 Å². The second-order valence-corrected chi connectivity index (χ2v) is 9.18. The smallest absolute Gasteiger partial charge is 0.252 e. The van der Waals surface area contributed by atoms with Crippen LogP contribution in [0.2, 0.25) is 0 Å². The summed E-state index contributed by atoms with van der Waals surface area (Å²) in [7, 11) is -3.35. The van der Waals surface area contributed by atoms with Crippen LogP contribution in [0.25, 0.3) is 0 Å². The van der Waals surface area contributed by atoms with Gasteiger partial charge in [-0.05, 0) is 30.9 Å². The molecular weight excluding hydrogens is 308 g/mol. The molecule has 21 heavy (non-hydrogen) atoms. The fourth-order valence-electron chi connectivity index (χ4n) is 2.69. The van der Waals surface area contributed by atoms with E-state index in [4.69, 9.17) is 5.11 Å². The number of thiophene rings is 1. The number of rotatable bonds is 6. The van der Waals surface area contributed by atoms with Crippen molar-refractivity contribution in [2.45, 2.75) is 23.5 Å². The fraction of sp³-hybridized carbons (Fsp3) is 0.714. The zero-order chi connectivity index (χ0) is 14.9. The normalized spacial score (nSPS) is 21.8. The van der Waals surface area contributed by atoms with Crippen molar-refractivity contribution in [3.63, 3.8) is 0 Å². The monoisotopic (exact) mass is 330 g/mol. The largest absolute Gasteiger partial charge is 0.396 e.